The van der Waals surface area contributed by atoms with Crippen molar-refractivity contribution in [1.29, 1.82) is 0 Å². The molecule has 0 amide bonds. The van der Waals surface area contributed by atoms with Crippen molar-refractivity contribution in [2.45, 2.75) is 31.2 Å². The van der Waals surface area contributed by atoms with Gasteiger partial charge in [-0.3, -0.25) is 0 Å². The number of rotatable bonds is 1. The first-order chi connectivity index (χ1) is 5.75. The van der Waals surface area contributed by atoms with Gasteiger partial charge in [0.2, 0.25) is 5.89 Å². The molecule has 1 aliphatic rings. The zero-order valence-corrected chi connectivity index (χ0v) is 6.73. The molecule has 5 heteroatoms. The van der Waals surface area contributed by atoms with E-state index < -0.39 is 0 Å². The molecule has 1 heterocycles. The molecule has 0 saturated heterocycles. The van der Waals surface area contributed by atoms with Crippen molar-refractivity contribution >= 4 is 5.95 Å². The van der Waals surface area contributed by atoms with Crippen LogP contribution in [0.25, 0.3) is 0 Å². The van der Waals surface area contributed by atoms with Gasteiger partial charge >= 0.3 is 0 Å². The number of aromatic nitrogens is 2. The van der Waals surface area contributed by atoms with E-state index >= 15 is 0 Å². The maximum absolute atomic E-state index is 5.75. The van der Waals surface area contributed by atoms with E-state index in [9.17, 15) is 0 Å². The molecule has 12 heavy (non-hydrogen) atoms. The maximum Gasteiger partial charge on any atom is 0.260 e. The van der Waals surface area contributed by atoms with E-state index in [1.165, 1.54) is 0 Å². The SMILES string of the molecule is Nc1noc([C@@H]2CC[C@H](N)C2)n1. The minimum Gasteiger partial charge on any atom is -0.365 e. The quantitative estimate of drug-likeness (QED) is 0.627. The number of hydrogen-bond acceptors (Lipinski definition) is 5. The van der Waals surface area contributed by atoms with Crippen molar-refractivity contribution in [3.8, 4) is 0 Å². The predicted molar refractivity (Wildman–Crippen MR) is 43.3 cm³/mol. The Balaban J connectivity index is 2.11. The first kappa shape index (κ1) is 7.54. The van der Waals surface area contributed by atoms with Crippen LogP contribution in [0.2, 0.25) is 0 Å². The lowest BCUT2D eigenvalue weighted by atomic mass is 10.1. The molecule has 0 bridgehead atoms. The first-order valence-corrected chi connectivity index (χ1v) is 4.10. The Morgan fingerprint density at radius 3 is 2.75 bits per heavy atom. The molecule has 66 valence electrons. The highest BCUT2D eigenvalue weighted by molar-refractivity contribution is 5.13. The molecule has 1 saturated carbocycles. The van der Waals surface area contributed by atoms with E-state index in [1.807, 2.05) is 0 Å². The van der Waals surface area contributed by atoms with E-state index in [0.717, 1.165) is 19.3 Å². The predicted octanol–water partition coefficient (Wildman–Crippen LogP) is 0.247. The van der Waals surface area contributed by atoms with Gasteiger partial charge in [-0.05, 0) is 24.4 Å². The van der Waals surface area contributed by atoms with E-state index in [2.05, 4.69) is 10.1 Å². The van der Waals surface area contributed by atoms with Gasteiger partial charge in [0.1, 0.15) is 0 Å². The second kappa shape index (κ2) is 2.75. The molecule has 5 nitrogen and oxygen atoms in total. The number of nitrogens with zero attached hydrogens (tertiary/aromatic N) is 2. The Hall–Kier alpha value is -1.10. The summed E-state index contributed by atoms with van der Waals surface area (Å²) in [5.41, 5.74) is 11.1. The second-order valence-electron chi connectivity index (χ2n) is 3.26. The fourth-order valence-corrected chi connectivity index (χ4v) is 1.65. The van der Waals surface area contributed by atoms with Crippen molar-refractivity contribution in [3.63, 3.8) is 0 Å². The van der Waals surface area contributed by atoms with Gasteiger partial charge in [-0.1, -0.05) is 0 Å². The van der Waals surface area contributed by atoms with E-state index in [1.54, 1.807) is 0 Å². The van der Waals surface area contributed by atoms with Gasteiger partial charge in [-0.25, -0.2) is 0 Å². The van der Waals surface area contributed by atoms with Crippen LogP contribution in [-0.4, -0.2) is 16.2 Å². The van der Waals surface area contributed by atoms with Gasteiger partial charge in [0.15, 0.2) is 0 Å². The molecule has 0 spiro atoms. The summed E-state index contributed by atoms with van der Waals surface area (Å²) in [6.45, 7) is 0. The smallest absolute Gasteiger partial charge is 0.260 e. The lowest BCUT2D eigenvalue weighted by Crippen LogP contribution is -2.14. The highest BCUT2D eigenvalue weighted by Crippen LogP contribution is 2.32. The fraction of sp³-hybridized carbons (Fsp3) is 0.714. The number of hydrogen-bond donors (Lipinski definition) is 2. The van der Waals surface area contributed by atoms with Gasteiger partial charge in [-0.15, -0.1) is 0 Å². The Kier molecular flexibility index (Phi) is 1.73. The van der Waals surface area contributed by atoms with E-state index in [4.69, 9.17) is 16.0 Å². The Labute approximate surface area is 70.1 Å². The number of nitrogen functional groups attached to an aromatic ring is 1. The summed E-state index contributed by atoms with van der Waals surface area (Å²) < 4.78 is 4.95. The third-order valence-electron chi connectivity index (χ3n) is 2.28. The first-order valence-electron chi connectivity index (χ1n) is 4.10. The lowest BCUT2D eigenvalue weighted by molar-refractivity contribution is 0.354. The van der Waals surface area contributed by atoms with E-state index in [0.29, 0.717) is 11.8 Å². The Morgan fingerprint density at radius 2 is 2.25 bits per heavy atom. The van der Waals surface area contributed by atoms with Crippen LogP contribution in [0.5, 0.6) is 0 Å². The van der Waals surface area contributed by atoms with Crippen molar-refractivity contribution in [3.05, 3.63) is 5.89 Å². The van der Waals surface area contributed by atoms with Gasteiger partial charge < -0.3 is 16.0 Å². The van der Waals surface area contributed by atoms with Crippen molar-refractivity contribution in [1.82, 2.24) is 10.1 Å². The summed E-state index contributed by atoms with van der Waals surface area (Å²) in [6, 6.07) is 0.281. The van der Waals surface area contributed by atoms with Gasteiger partial charge in [-0.2, -0.15) is 4.98 Å². The van der Waals surface area contributed by atoms with Crippen LogP contribution in [0, 0.1) is 0 Å². The van der Waals surface area contributed by atoms with Crippen LogP contribution >= 0.6 is 0 Å². The molecule has 4 N–H and O–H groups in total. The topological polar surface area (TPSA) is 91.0 Å². The minimum atomic E-state index is 0.213. The average Bonchev–Trinajstić information content (AvgIpc) is 2.58. The summed E-state index contributed by atoms with van der Waals surface area (Å²) in [4.78, 5) is 3.97. The summed E-state index contributed by atoms with van der Waals surface area (Å²) >= 11 is 0. The monoisotopic (exact) mass is 168 g/mol. The van der Waals surface area contributed by atoms with Crippen LogP contribution < -0.4 is 11.5 Å². The molecule has 1 aromatic rings. The third-order valence-corrected chi connectivity index (χ3v) is 2.28. The van der Waals surface area contributed by atoms with Crippen LogP contribution in [0.4, 0.5) is 5.95 Å². The summed E-state index contributed by atoms with van der Waals surface area (Å²) in [6.07, 6.45) is 3.00. The molecule has 2 rings (SSSR count). The maximum atomic E-state index is 5.75. The Morgan fingerprint density at radius 1 is 1.42 bits per heavy atom. The number of nitrogens with two attached hydrogens (primary N) is 2. The standard InChI is InChI=1S/C7H12N4O/c8-5-2-1-4(3-5)6-10-7(9)11-12-6/h4-5H,1-3,8H2,(H2,9,11)/t4-,5+/m1/s1. The molecule has 0 unspecified atom stereocenters. The van der Waals surface area contributed by atoms with E-state index in [-0.39, 0.29) is 12.0 Å². The van der Waals surface area contributed by atoms with Crippen LogP contribution in [0.15, 0.2) is 4.52 Å². The summed E-state index contributed by atoms with van der Waals surface area (Å²) in [5, 5.41) is 3.54. The molecule has 0 aromatic carbocycles. The summed E-state index contributed by atoms with van der Waals surface area (Å²) in [7, 11) is 0. The molecule has 2 atom stereocenters. The molecule has 1 aliphatic carbocycles. The van der Waals surface area contributed by atoms with Gasteiger partial charge in [0, 0.05) is 12.0 Å². The molecule has 1 aromatic heterocycles. The van der Waals surface area contributed by atoms with Crippen LogP contribution in [0.1, 0.15) is 31.1 Å². The highest BCUT2D eigenvalue weighted by atomic mass is 16.5. The molecular formula is C7H12N4O. The fourth-order valence-electron chi connectivity index (χ4n) is 1.65. The zero-order chi connectivity index (χ0) is 8.55. The summed E-state index contributed by atoms with van der Waals surface area (Å²) in [5.74, 6) is 1.18. The minimum absolute atomic E-state index is 0.213. The van der Waals surface area contributed by atoms with Crippen molar-refractivity contribution in [2.75, 3.05) is 5.73 Å². The normalized spacial score (nSPS) is 29.4. The van der Waals surface area contributed by atoms with Gasteiger partial charge in [0.05, 0.1) is 0 Å². The molecule has 0 aliphatic heterocycles. The van der Waals surface area contributed by atoms with Crippen LogP contribution in [0.3, 0.4) is 0 Å². The zero-order valence-electron chi connectivity index (χ0n) is 6.73. The third kappa shape index (κ3) is 1.27. The second-order valence-corrected chi connectivity index (χ2v) is 3.26. The molecule has 1 fully saturated rings. The molecule has 0 radical (unpaired) electrons. The molecular weight excluding hydrogens is 156 g/mol. The lowest BCUT2D eigenvalue weighted by Gasteiger charge is -2.00. The van der Waals surface area contributed by atoms with Crippen molar-refractivity contribution < 1.29 is 4.52 Å². The largest absolute Gasteiger partial charge is 0.365 e. The number of anilines is 1. The van der Waals surface area contributed by atoms with Gasteiger partial charge in [0.25, 0.3) is 5.95 Å². The highest BCUT2D eigenvalue weighted by Gasteiger charge is 2.27. The Bertz CT molecular complexity index is 272. The average molecular weight is 168 g/mol. The van der Waals surface area contributed by atoms with Crippen molar-refractivity contribution in [2.24, 2.45) is 5.73 Å². The van der Waals surface area contributed by atoms with Crippen LogP contribution in [-0.2, 0) is 0 Å².